The van der Waals surface area contributed by atoms with Crippen molar-refractivity contribution in [2.75, 3.05) is 11.9 Å². The maximum absolute atomic E-state index is 12.9. The van der Waals surface area contributed by atoms with Gasteiger partial charge in [-0.1, -0.05) is 30.5 Å². The van der Waals surface area contributed by atoms with E-state index in [0.29, 0.717) is 17.5 Å². The molecular formula is C26H32N4O3S. The zero-order valence-electron chi connectivity index (χ0n) is 20.2. The van der Waals surface area contributed by atoms with Crippen molar-refractivity contribution in [1.82, 2.24) is 9.99 Å². The molecule has 0 unspecified atom stereocenters. The molecular weight excluding hydrogens is 448 g/mol. The summed E-state index contributed by atoms with van der Waals surface area (Å²) in [5.74, 6) is 0.0508. The van der Waals surface area contributed by atoms with E-state index in [1.54, 1.807) is 18.0 Å². The number of esters is 1. The number of benzene rings is 1. The highest BCUT2D eigenvalue weighted by Gasteiger charge is 2.42. The van der Waals surface area contributed by atoms with Crippen LogP contribution in [0.5, 0.6) is 0 Å². The number of aromatic nitrogens is 1. The first kappa shape index (κ1) is 24.1. The molecule has 1 fully saturated rings. The number of hydrogen-bond donors (Lipinski definition) is 2. The lowest BCUT2D eigenvalue weighted by atomic mass is 9.84. The summed E-state index contributed by atoms with van der Waals surface area (Å²) in [5, 5.41) is 8.30. The molecule has 2 heterocycles. The summed E-state index contributed by atoms with van der Waals surface area (Å²) in [6.07, 6.45) is 6.15. The Morgan fingerprint density at radius 2 is 1.91 bits per heavy atom. The number of hydrogen-bond acceptors (Lipinski definition) is 5. The fraction of sp³-hybridized carbons (Fsp3) is 0.423. The van der Waals surface area contributed by atoms with Crippen LogP contribution in [0.15, 0.2) is 41.0 Å². The van der Waals surface area contributed by atoms with Crippen molar-refractivity contribution in [3.8, 4) is 0 Å². The van der Waals surface area contributed by atoms with Gasteiger partial charge in [0.1, 0.15) is 0 Å². The van der Waals surface area contributed by atoms with Crippen molar-refractivity contribution in [2.45, 2.75) is 58.6 Å². The second kappa shape index (κ2) is 10.5. The van der Waals surface area contributed by atoms with Gasteiger partial charge in [-0.05, 0) is 58.7 Å². The van der Waals surface area contributed by atoms with Crippen LogP contribution in [0.25, 0.3) is 5.03 Å². The highest BCUT2D eigenvalue weighted by Crippen LogP contribution is 2.52. The van der Waals surface area contributed by atoms with Crippen molar-refractivity contribution in [3.05, 3.63) is 58.4 Å². The fourth-order valence-corrected chi connectivity index (χ4v) is 6.50. The molecule has 1 aromatic heterocycles. The summed E-state index contributed by atoms with van der Waals surface area (Å²) in [7, 11) is 0. The van der Waals surface area contributed by atoms with E-state index in [4.69, 9.17) is 4.74 Å². The number of amides is 2. The molecule has 0 radical (unpaired) electrons. The topological polar surface area (TPSA) is 84.7 Å². The van der Waals surface area contributed by atoms with Crippen LogP contribution >= 0.6 is 11.8 Å². The Hall–Kier alpha value is -3.00. The van der Waals surface area contributed by atoms with Crippen LogP contribution < -0.4 is 10.7 Å². The minimum absolute atomic E-state index is 0.198. The molecule has 2 amide bonds. The Bertz CT molecular complexity index is 1130. The third-order valence-corrected chi connectivity index (χ3v) is 7.91. The van der Waals surface area contributed by atoms with Crippen LogP contribution in [-0.4, -0.2) is 34.6 Å². The van der Waals surface area contributed by atoms with E-state index in [1.165, 1.54) is 6.42 Å². The largest absolute Gasteiger partial charge is 0.463 e. The standard InChI is InChI=1S/C26H32N4O3S/c1-5-33-25(31)23-21-8-6-7-9-22(21)34-24(23)30-17(3)14-19(18(30)4)15-27-29-26(32)28-20-12-10-16(2)11-13-20/h10-15,21-22H,5-9H2,1-4H3,(H2,28,29,32)/b27-15-/t21-,22-/m0/s1. The number of rotatable bonds is 6. The quantitative estimate of drug-likeness (QED) is 0.320. The molecule has 7 nitrogen and oxygen atoms in total. The molecule has 0 saturated heterocycles. The number of nitrogens with zero attached hydrogens (tertiary/aromatic N) is 2. The summed E-state index contributed by atoms with van der Waals surface area (Å²) < 4.78 is 7.60. The molecule has 180 valence electrons. The average Bonchev–Trinajstić information content (AvgIpc) is 3.32. The van der Waals surface area contributed by atoms with Crippen molar-refractivity contribution >= 4 is 40.7 Å². The number of hydrazone groups is 1. The fourth-order valence-electron chi connectivity index (χ4n) is 4.74. The summed E-state index contributed by atoms with van der Waals surface area (Å²) in [6.45, 7) is 8.25. The van der Waals surface area contributed by atoms with Gasteiger partial charge in [0.2, 0.25) is 0 Å². The van der Waals surface area contributed by atoms with Gasteiger partial charge in [-0.15, -0.1) is 11.8 Å². The third-order valence-electron chi connectivity index (χ3n) is 6.41. The van der Waals surface area contributed by atoms with E-state index in [0.717, 1.165) is 52.4 Å². The first-order valence-electron chi connectivity index (χ1n) is 11.8. The van der Waals surface area contributed by atoms with E-state index in [9.17, 15) is 9.59 Å². The van der Waals surface area contributed by atoms with Gasteiger partial charge in [-0.25, -0.2) is 15.0 Å². The molecule has 1 aromatic carbocycles. The Balaban J connectivity index is 1.54. The minimum atomic E-state index is -0.406. The van der Waals surface area contributed by atoms with Gasteiger partial charge in [-0.2, -0.15) is 5.10 Å². The number of thioether (sulfide) groups is 1. The number of carbonyl (C=O) groups excluding carboxylic acids is 2. The Morgan fingerprint density at radius 1 is 1.18 bits per heavy atom. The maximum atomic E-state index is 12.9. The van der Waals surface area contributed by atoms with E-state index < -0.39 is 6.03 Å². The number of urea groups is 1. The highest BCUT2D eigenvalue weighted by molar-refractivity contribution is 8.08. The van der Waals surface area contributed by atoms with Gasteiger partial charge in [0.05, 0.1) is 23.4 Å². The van der Waals surface area contributed by atoms with Gasteiger partial charge in [-0.3, -0.25) is 0 Å². The molecule has 8 heteroatoms. The van der Waals surface area contributed by atoms with Gasteiger partial charge in [0.25, 0.3) is 0 Å². The van der Waals surface area contributed by atoms with Crippen LogP contribution in [0.1, 0.15) is 55.1 Å². The van der Waals surface area contributed by atoms with Crippen molar-refractivity contribution in [1.29, 1.82) is 0 Å². The molecule has 2 atom stereocenters. The predicted molar refractivity (Wildman–Crippen MR) is 138 cm³/mol. The van der Waals surface area contributed by atoms with Crippen LogP contribution in [0.2, 0.25) is 0 Å². The molecule has 1 aliphatic heterocycles. The maximum Gasteiger partial charge on any atom is 0.339 e. The van der Waals surface area contributed by atoms with Gasteiger partial charge >= 0.3 is 12.0 Å². The van der Waals surface area contributed by atoms with Gasteiger partial charge in [0.15, 0.2) is 0 Å². The smallest absolute Gasteiger partial charge is 0.339 e. The summed E-state index contributed by atoms with van der Waals surface area (Å²) in [5.41, 5.74) is 8.05. The second-order valence-electron chi connectivity index (χ2n) is 8.84. The lowest BCUT2D eigenvalue weighted by Gasteiger charge is -2.25. The summed E-state index contributed by atoms with van der Waals surface area (Å²) in [6, 6.07) is 9.18. The zero-order chi connectivity index (χ0) is 24.2. The third kappa shape index (κ3) is 5.06. The molecule has 0 spiro atoms. The Labute approximate surface area is 205 Å². The zero-order valence-corrected chi connectivity index (χ0v) is 21.0. The Kier molecular flexibility index (Phi) is 7.46. The molecule has 0 bridgehead atoms. The number of anilines is 1. The first-order chi connectivity index (χ1) is 16.4. The van der Waals surface area contributed by atoms with Crippen LogP contribution in [0.4, 0.5) is 10.5 Å². The Morgan fingerprint density at radius 3 is 2.65 bits per heavy atom. The summed E-state index contributed by atoms with van der Waals surface area (Å²) >= 11 is 1.80. The molecule has 2 N–H and O–H groups in total. The van der Waals surface area contributed by atoms with Gasteiger partial charge < -0.3 is 14.6 Å². The highest BCUT2D eigenvalue weighted by atomic mass is 32.2. The van der Waals surface area contributed by atoms with Crippen molar-refractivity contribution < 1.29 is 14.3 Å². The van der Waals surface area contributed by atoms with E-state index in [2.05, 4.69) is 20.4 Å². The minimum Gasteiger partial charge on any atom is -0.463 e. The summed E-state index contributed by atoms with van der Waals surface area (Å²) in [4.78, 5) is 25.1. The lowest BCUT2D eigenvalue weighted by molar-refractivity contribution is -0.139. The van der Waals surface area contributed by atoms with Gasteiger partial charge in [0, 0.05) is 33.8 Å². The first-order valence-corrected chi connectivity index (χ1v) is 12.7. The predicted octanol–water partition coefficient (Wildman–Crippen LogP) is 5.61. The van der Waals surface area contributed by atoms with E-state index in [1.807, 2.05) is 58.0 Å². The second-order valence-corrected chi connectivity index (χ2v) is 10.1. The number of ether oxygens (including phenoxy) is 1. The molecule has 2 aliphatic rings. The molecule has 34 heavy (non-hydrogen) atoms. The number of aryl methyl sites for hydroxylation is 2. The normalized spacial score (nSPS) is 19.9. The number of nitrogens with one attached hydrogen (secondary N) is 2. The van der Waals surface area contributed by atoms with Crippen LogP contribution in [0, 0.1) is 26.7 Å². The number of carbonyl (C=O) groups is 2. The molecule has 2 aromatic rings. The lowest BCUT2D eigenvalue weighted by Crippen LogP contribution is -2.24. The molecule has 4 rings (SSSR count). The monoisotopic (exact) mass is 480 g/mol. The SMILES string of the molecule is CCOC(=O)C1=C(n2c(C)cc(/C=N\NC(=O)Nc3ccc(C)cc3)c2C)S[C@H]2CCCC[C@H]12. The van der Waals surface area contributed by atoms with E-state index in [-0.39, 0.29) is 11.9 Å². The average molecular weight is 481 g/mol. The van der Waals surface area contributed by atoms with Crippen LogP contribution in [0.3, 0.4) is 0 Å². The van der Waals surface area contributed by atoms with Crippen molar-refractivity contribution in [2.24, 2.45) is 11.0 Å². The number of fused-ring (bicyclic) bond motifs is 1. The molecule has 1 aliphatic carbocycles. The van der Waals surface area contributed by atoms with Crippen LogP contribution in [-0.2, 0) is 9.53 Å². The van der Waals surface area contributed by atoms with Crippen molar-refractivity contribution in [3.63, 3.8) is 0 Å². The molecule has 1 saturated carbocycles. The van der Waals surface area contributed by atoms with E-state index >= 15 is 0 Å².